The Morgan fingerprint density at radius 3 is 2.63 bits per heavy atom. The molecule has 0 bridgehead atoms. The molecule has 0 amide bonds. The Balaban J connectivity index is 1.47. The van der Waals surface area contributed by atoms with Gasteiger partial charge in [0.1, 0.15) is 0 Å². The largest absolute Gasteiger partial charge is 0.381 e. The van der Waals surface area contributed by atoms with Crippen LogP contribution in [0.25, 0.3) is 0 Å². The first kappa shape index (κ1) is 15.2. The highest BCUT2D eigenvalue weighted by Gasteiger charge is 2.16. The fraction of sp³-hybridized carbons (Fsp3) is 1.00. The highest BCUT2D eigenvalue weighted by Crippen LogP contribution is 2.15. The van der Waals surface area contributed by atoms with Crippen molar-refractivity contribution < 1.29 is 9.47 Å². The van der Waals surface area contributed by atoms with Crippen LogP contribution in [0.4, 0.5) is 0 Å². The van der Waals surface area contributed by atoms with Crippen LogP contribution in [0.3, 0.4) is 0 Å². The molecular weight excluding hydrogens is 240 g/mol. The van der Waals surface area contributed by atoms with Gasteiger partial charge in [-0.3, -0.25) is 0 Å². The second-order valence-corrected chi connectivity index (χ2v) is 5.99. The summed E-state index contributed by atoms with van der Waals surface area (Å²) in [5.41, 5.74) is 0. The van der Waals surface area contributed by atoms with Crippen LogP contribution in [0, 0.1) is 5.92 Å². The molecule has 19 heavy (non-hydrogen) atoms. The third-order valence-corrected chi connectivity index (χ3v) is 4.23. The van der Waals surface area contributed by atoms with Crippen molar-refractivity contribution in [3.8, 4) is 0 Å². The van der Waals surface area contributed by atoms with Crippen LogP contribution in [-0.4, -0.2) is 64.1 Å². The Morgan fingerprint density at radius 2 is 1.89 bits per heavy atom. The lowest BCUT2D eigenvalue weighted by Crippen LogP contribution is -2.33. The number of piperidine rings is 1. The van der Waals surface area contributed by atoms with Gasteiger partial charge in [0.25, 0.3) is 0 Å². The molecule has 2 aliphatic rings. The van der Waals surface area contributed by atoms with Gasteiger partial charge in [-0.25, -0.2) is 0 Å². The first-order valence-corrected chi connectivity index (χ1v) is 7.93. The first-order chi connectivity index (χ1) is 9.34. The molecule has 0 aliphatic carbocycles. The van der Waals surface area contributed by atoms with Gasteiger partial charge in [0.05, 0.1) is 6.10 Å². The Bertz CT molecular complexity index is 226. The summed E-state index contributed by atoms with van der Waals surface area (Å²) in [4.78, 5) is 2.46. The molecule has 4 nitrogen and oxygen atoms in total. The summed E-state index contributed by atoms with van der Waals surface area (Å²) in [5.74, 6) is 0.837. The van der Waals surface area contributed by atoms with Crippen LogP contribution in [0.2, 0.25) is 0 Å². The van der Waals surface area contributed by atoms with Crippen molar-refractivity contribution in [3.63, 3.8) is 0 Å². The fourth-order valence-corrected chi connectivity index (χ4v) is 3.01. The number of rotatable bonds is 7. The standard InChI is InChI=1S/C15H30N2O2/c1-17(13-14-5-11-18-12-6-14)9-2-10-19-15-3-7-16-8-4-15/h14-16H,2-13H2,1H3. The summed E-state index contributed by atoms with van der Waals surface area (Å²) in [6.07, 6.45) is 6.48. The van der Waals surface area contributed by atoms with E-state index in [9.17, 15) is 0 Å². The van der Waals surface area contributed by atoms with E-state index in [0.29, 0.717) is 6.10 Å². The van der Waals surface area contributed by atoms with Gasteiger partial charge in [-0.15, -0.1) is 0 Å². The molecule has 0 aromatic rings. The second kappa shape index (κ2) is 8.90. The van der Waals surface area contributed by atoms with Crippen molar-refractivity contribution in [2.45, 2.75) is 38.2 Å². The van der Waals surface area contributed by atoms with Gasteiger partial charge in [0.2, 0.25) is 0 Å². The Labute approximate surface area is 117 Å². The van der Waals surface area contributed by atoms with Gasteiger partial charge in [0.15, 0.2) is 0 Å². The van der Waals surface area contributed by atoms with E-state index in [1.807, 2.05) is 0 Å². The summed E-state index contributed by atoms with van der Waals surface area (Å²) >= 11 is 0. The molecule has 1 N–H and O–H groups in total. The maximum atomic E-state index is 5.94. The van der Waals surface area contributed by atoms with Gasteiger partial charge in [-0.05, 0) is 58.2 Å². The van der Waals surface area contributed by atoms with Crippen molar-refractivity contribution >= 4 is 0 Å². The third-order valence-electron chi connectivity index (χ3n) is 4.23. The summed E-state index contributed by atoms with van der Waals surface area (Å²) < 4.78 is 11.3. The molecule has 0 spiro atoms. The van der Waals surface area contributed by atoms with Crippen LogP contribution < -0.4 is 5.32 Å². The zero-order valence-corrected chi connectivity index (χ0v) is 12.4. The molecule has 2 aliphatic heterocycles. The van der Waals surface area contributed by atoms with Gasteiger partial charge in [0, 0.05) is 32.9 Å². The molecule has 2 saturated heterocycles. The van der Waals surface area contributed by atoms with Crippen molar-refractivity contribution in [2.24, 2.45) is 5.92 Å². The highest BCUT2D eigenvalue weighted by atomic mass is 16.5. The fourth-order valence-electron chi connectivity index (χ4n) is 3.01. The van der Waals surface area contributed by atoms with E-state index < -0.39 is 0 Å². The number of hydrogen-bond acceptors (Lipinski definition) is 4. The molecule has 2 fully saturated rings. The van der Waals surface area contributed by atoms with E-state index in [4.69, 9.17) is 9.47 Å². The third kappa shape index (κ3) is 6.21. The molecule has 4 heteroatoms. The van der Waals surface area contributed by atoms with Crippen molar-refractivity contribution in [1.29, 1.82) is 0 Å². The van der Waals surface area contributed by atoms with Gasteiger partial charge >= 0.3 is 0 Å². The molecule has 2 rings (SSSR count). The summed E-state index contributed by atoms with van der Waals surface area (Å²) in [7, 11) is 2.24. The lowest BCUT2D eigenvalue weighted by Gasteiger charge is -2.27. The first-order valence-electron chi connectivity index (χ1n) is 7.93. The molecule has 0 aromatic heterocycles. The number of ether oxygens (including phenoxy) is 2. The van der Waals surface area contributed by atoms with E-state index >= 15 is 0 Å². The SMILES string of the molecule is CN(CCCOC1CCNCC1)CC1CCOCC1. The van der Waals surface area contributed by atoms with Crippen LogP contribution >= 0.6 is 0 Å². The quantitative estimate of drug-likeness (QED) is 0.711. The lowest BCUT2D eigenvalue weighted by molar-refractivity contribution is 0.0257. The topological polar surface area (TPSA) is 33.7 Å². The van der Waals surface area contributed by atoms with Crippen molar-refractivity contribution in [2.75, 3.05) is 53.0 Å². The predicted molar refractivity (Wildman–Crippen MR) is 77.5 cm³/mol. The minimum atomic E-state index is 0.502. The molecule has 0 atom stereocenters. The molecule has 0 saturated carbocycles. The van der Waals surface area contributed by atoms with E-state index in [1.54, 1.807) is 0 Å². The molecule has 0 unspecified atom stereocenters. The van der Waals surface area contributed by atoms with Crippen LogP contribution in [0.5, 0.6) is 0 Å². The van der Waals surface area contributed by atoms with Gasteiger partial charge in [-0.2, -0.15) is 0 Å². The lowest BCUT2D eigenvalue weighted by atomic mass is 10.00. The van der Waals surface area contributed by atoms with E-state index in [2.05, 4.69) is 17.3 Å². The normalized spacial score (nSPS) is 23.1. The maximum absolute atomic E-state index is 5.94. The molecule has 0 radical (unpaired) electrons. The Kier molecular flexibility index (Phi) is 7.14. The number of nitrogens with zero attached hydrogens (tertiary/aromatic N) is 1. The van der Waals surface area contributed by atoms with Crippen molar-refractivity contribution in [3.05, 3.63) is 0 Å². The Morgan fingerprint density at radius 1 is 1.16 bits per heavy atom. The zero-order valence-electron chi connectivity index (χ0n) is 12.4. The monoisotopic (exact) mass is 270 g/mol. The van der Waals surface area contributed by atoms with E-state index in [0.717, 1.165) is 51.8 Å². The molecule has 112 valence electrons. The van der Waals surface area contributed by atoms with Gasteiger partial charge < -0.3 is 19.7 Å². The summed E-state index contributed by atoms with van der Waals surface area (Å²) in [6, 6.07) is 0. The zero-order chi connectivity index (χ0) is 13.3. The minimum absolute atomic E-state index is 0.502. The predicted octanol–water partition coefficient (Wildman–Crippen LogP) is 1.50. The number of nitrogens with one attached hydrogen (secondary N) is 1. The minimum Gasteiger partial charge on any atom is -0.381 e. The average molecular weight is 270 g/mol. The highest BCUT2D eigenvalue weighted by molar-refractivity contribution is 4.69. The van der Waals surface area contributed by atoms with E-state index in [1.165, 1.54) is 32.2 Å². The van der Waals surface area contributed by atoms with Crippen LogP contribution in [-0.2, 0) is 9.47 Å². The smallest absolute Gasteiger partial charge is 0.0599 e. The van der Waals surface area contributed by atoms with Crippen LogP contribution in [0.15, 0.2) is 0 Å². The van der Waals surface area contributed by atoms with Gasteiger partial charge in [-0.1, -0.05) is 0 Å². The summed E-state index contributed by atoms with van der Waals surface area (Å²) in [6.45, 7) is 7.44. The maximum Gasteiger partial charge on any atom is 0.0599 e. The molecule has 0 aromatic carbocycles. The van der Waals surface area contributed by atoms with Crippen molar-refractivity contribution in [1.82, 2.24) is 10.2 Å². The second-order valence-electron chi connectivity index (χ2n) is 5.99. The molecule has 2 heterocycles. The van der Waals surface area contributed by atoms with Crippen LogP contribution in [0.1, 0.15) is 32.1 Å². The molecular formula is C15H30N2O2. The van der Waals surface area contributed by atoms with E-state index in [-0.39, 0.29) is 0 Å². The number of hydrogen-bond donors (Lipinski definition) is 1. The average Bonchev–Trinajstić information content (AvgIpc) is 2.46. The Hall–Kier alpha value is -0.160. The summed E-state index contributed by atoms with van der Waals surface area (Å²) in [5, 5.41) is 3.37.